The summed E-state index contributed by atoms with van der Waals surface area (Å²) in [6.45, 7) is 12.3. The Morgan fingerprint density at radius 3 is 2.50 bits per heavy atom. The molecule has 6 nitrogen and oxygen atoms in total. The first-order chi connectivity index (χ1) is 11.3. The molecule has 0 aromatic heterocycles. The van der Waals surface area contributed by atoms with Crippen molar-refractivity contribution in [2.24, 2.45) is 5.41 Å². The number of aliphatic hydroxyl groups is 2. The van der Waals surface area contributed by atoms with Gasteiger partial charge in [0.15, 0.2) is 5.78 Å². The standard InChI is InChI=1S/C18H33N3O3/c1-4-7-21(11-10-20-8-5-19-6-9-20)17(24)16-14(22)12-18(2,3)13-15(16)23/h17,19,22,24H,4-13H2,1-3H3/t17-/m1/s1. The quantitative estimate of drug-likeness (QED) is 0.604. The third-order valence-electron chi connectivity index (χ3n) is 4.92. The van der Waals surface area contributed by atoms with Gasteiger partial charge in [0, 0.05) is 58.7 Å². The van der Waals surface area contributed by atoms with Gasteiger partial charge < -0.3 is 15.5 Å². The van der Waals surface area contributed by atoms with Gasteiger partial charge in [-0.3, -0.25) is 14.6 Å². The normalized spacial score (nSPS) is 23.8. The summed E-state index contributed by atoms with van der Waals surface area (Å²) < 4.78 is 0. The van der Waals surface area contributed by atoms with Crippen LogP contribution in [0.3, 0.4) is 0 Å². The molecule has 0 aromatic carbocycles. The lowest BCUT2D eigenvalue weighted by Crippen LogP contribution is -2.49. The van der Waals surface area contributed by atoms with Crippen LogP contribution in [0.25, 0.3) is 0 Å². The highest BCUT2D eigenvalue weighted by atomic mass is 16.3. The zero-order valence-electron chi connectivity index (χ0n) is 15.3. The van der Waals surface area contributed by atoms with Gasteiger partial charge in [-0.15, -0.1) is 0 Å². The van der Waals surface area contributed by atoms with Crippen molar-refractivity contribution in [3.05, 3.63) is 11.3 Å². The van der Waals surface area contributed by atoms with Gasteiger partial charge in [0.1, 0.15) is 12.0 Å². The van der Waals surface area contributed by atoms with E-state index in [0.717, 1.165) is 39.1 Å². The van der Waals surface area contributed by atoms with Gasteiger partial charge in [0.05, 0.1) is 5.57 Å². The molecule has 2 rings (SSSR count). The number of hydrogen-bond donors (Lipinski definition) is 3. The number of nitrogens with one attached hydrogen (secondary N) is 1. The van der Waals surface area contributed by atoms with Gasteiger partial charge in [0.2, 0.25) is 0 Å². The zero-order chi connectivity index (χ0) is 17.7. The van der Waals surface area contributed by atoms with Gasteiger partial charge in [-0.25, -0.2) is 0 Å². The van der Waals surface area contributed by atoms with E-state index in [0.29, 0.717) is 25.9 Å². The Bertz CT molecular complexity index is 470. The average Bonchev–Trinajstić information content (AvgIpc) is 2.50. The molecule has 2 aliphatic rings. The molecule has 24 heavy (non-hydrogen) atoms. The molecule has 138 valence electrons. The Morgan fingerprint density at radius 1 is 1.25 bits per heavy atom. The van der Waals surface area contributed by atoms with Crippen LogP contribution >= 0.6 is 0 Å². The molecule has 1 atom stereocenters. The van der Waals surface area contributed by atoms with Gasteiger partial charge in [0.25, 0.3) is 0 Å². The number of nitrogens with zero attached hydrogens (tertiary/aromatic N) is 2. The molecule has 0 spiro atoms. The fourth-order valence-electron chi connectivity index (χ4n) is 3.63. The fraction of sp³-hybridized carbons (Fsp3) is 0.833. The molecule has 0 saturated carbocycles. The maximum Gasteiger partial charge on any atom is 0.166 e. The van der Waals surface area contributed by atoms with E-state index in [-0.39, 0.29) is 22.5 Å². The molecule has 0 unspecified atom stereocenters. The van der Waals surface area contributed by atoms with Crippen molar-refractivity contribution in [3.63, 3.8) is 0 Å². The zero-order valence-corrected chi connectivity index (χ0v) is 15.3. The minimum atomic E-state index is -1.00. The third kappa shape index (κ3) is 5.02. The van der Waals surface area contributed by atoms with Gasteiger partial charge in [-0.1, -0.05) is 20.8 Å². The molecule has 0 aromatic rings. The molecule has 0 radical (unpaired) electrons. The number of aliphatic hydroxyl groups excluding tert-OH is 2. The number of hydrogen-bond acceptors (Lipinski definition) is 6. The predicted molar refractivity (Wildman–Crippen MR) is 94.9 cm³/mol. The van der Waals surface area contributed by atoms with Crippen molar-refractivity contribution in [2.75, 3.05) is 45.8 Å². The molecule has 1 aliphatic heterocycles. The number of carbonyl (C=O) groups excluding carboxylic acids is 1. The third-order valence-corrected chi connectivity index (χ3v) is 4.92. The van der Waals surface area contributed by atoms with Crippen LogP contribution in [-0.4, -0.2) is 77.8 Å². The molecule has 1 saturated heterocycles. The van der Waals surface area contributed by atoms with Crippen molar-refractivity contribution in [1.29, 1.82) is 0 Å². The summed E-state index contributed by atoms with van der Waals surface area (Å²) in [7, 11) is 0. The smallest absolute Gasteiger partial charge is 0.166 e. The summed E-state index contributed by atoms with van der Waals surface area (Å²) in [5.74, 6) is -0.0634. The summed E-state index contributed by atoms with van der Waals surface area (Å²) >= 11 is 0. The summed E-state index contributed by atoms with van der Waals surface area (Å²) in [5, 5.41) is 24.4. The Labute approximate surface area is 145 Å². The second kappa shape index (κ2) is 8.43. The second-order valence-electron chi connectivity index (χ2n) is 7.80. The van der Waals surface area contributed by atoms with E-state index in [1.54, 1.807) is 0 Å². The molecule has 3 N–H and O–H groups in total. The van der Waals surface area contributed by atoms with Crippen LogP contribution in [0.5, 0.6) is 0 Å². The predicted octanol–water partition coefficient (Wildman–Crippen LogP) is 1.12. The van der Waals surface area contributed by atoms with E-state index in [9.17, 15) is 15.0 Å². The topological polar surface area (TPSA) is 76.0 Å². The highest BCUT2D eigenvalue weighted by Gasteiger charge is 2.37. The Morgan fingerprint density at radius 2 is 1.92 bits per heavy atom. The molecule has 1 heterocycles. The molecular weight excluding hydrogens is 306 g/mol. The van der Waals surface area contributed by atoms with Crippen molar-refractivity contribution in [2.45, 2.75) is 46.3 Å². The van der Waals surface area contributed by atoms with E-state index in [1.807, 2.05) is 18.7 Å². The number of allylic oxidation sites excluding steroid dienone is 1. The molecule has 0 bridgehead atoms. The lowest BCUT2D eigenvalue weighted by Gasteiger charge is -2.36. The van der Waals surface area contributed by atoms with Crippen molar-refractivity contribution < 1.29 is 15.0 Å². The van der Waals surface area contributed by atoms with Crippen LogP contribution in [0.15, 0.2) is 11.3 Å². The van der Waals surface area contributed by atoms with Gasteiger partial charge in [-0.2, -0.15) is 0 Å². The van der Waals surface area contributed by atoms with Crippen molar-refractivity contribution >= 4 is 5.78 Å². The highest BCUT2D eigenvalue weighted by Crippen LogP contribution is 2.37. The fourth-order valence-corrected chi connectivity index (χ4v) is 3.63. The first-order valence-electron chi connectivity index (χ1n) is 9.14. The van der Waals surface area contributed by atoms with E-state index < -0.39 is 6.23 Å². The van der Waals surface area contributed by atoms with Crippen LogP contribution < -0.4 is 5.32 Å². The monoisotopic (exact) mass is 339 g/mol. The minimum absolute atomic E-state index is 0.0621. The first kappa shape index (κ1) is 19.4. The summed E-state index contributed by atoms with van der Waals surface area (Å²) in [5.41, 5.74) is -0.0242. The largest absolute Gasteiger partial charge is 0.512 e. The SMILES string of the molecule is CCCN(CCN1CCNCC1)[C@H](O)C1=C(O)CC(C)(C)CC1=O. The van der Waals surface area contributed by atoms with Crippen LogP contribution in [0.1, 0.15) is 40.0 Å². The van der Waals surface area contributed by atoms with E-state index in [4.69, 9.17) is 0 Å². The first-order valence-corrected chi connectivity index (χ1v) is 9.14. The minimum Gasteiger partial charge on any atom is -0.512 e. The summed E-state index contributed by atoms with van der Waals surface area (Å²) in [6.07, 6.45) is 0.715. The number of piperazine rings is 1. The summed E-state index contributed by atoms with van der Waals surface area (Å²) in [6, 6.07) is 0. The number of carbonyl (C=O) groups is 1. The maximum atomic E-state index is 12.5. The van der Waals surface area contributed by atoms with E-state index >= 15 is 0 Å². The van der Waals surface area contributed by atoms with Crippen LogP contribution in [0, 0.1) is 5.41 Å². The number of Topliss-reactive ketones (excluding diaryl/α,β-unsaturated/α-hetero) is 1. The van der Waals surface area contributed by atoms with E-state index in [1.165, 1.54) is 0 Å². The maximum absolute atomic E-state index is 12.5. The Balaban J connectivity index is 2.04. The number of ketones is 1. The molecule has 6 heteroatoms. The average molecular weight is 339 g/mol. The molecule has 1 fully saturated rings. The van der Waals surface area contributed by atoms with Crippen molar-refractivity contribution in [1.82, 2.24) is 15.1 Å². The molecule has 1 aliphatic carbocycles. The van der Waals surface area contributed by atoms with Gasteiger partial charge in [-0.05, 0) is 11.8 Å². The van der Waals surface area contributed by atoms with Crippen LogP contribution in [0.4, 0.5) is 0 Å². The number of rotatable bonds is 7. The second-order valence-corrected chi connectivity index (χ2v) is 7.80. The lowest BCUT2D eigenvalue weighted by molar-refractivity contribution is -0.121. The van der Waals surface area contributed by atoms with Gasteiger partial charge >= 0.3 is 0 Å². The molecule has 0 amide bonds. The Kier molecular flexibility index (Phi) is 6.80. The van der Waals surface area contributed by atoms with E-state index in [2.05, 4.69) is 17.1 Å². The Hall–Kier alpha value is -0.950. The lowest BCUT2D eigenvalue weighted by atomic mass is 9.76. The molecular formula is C18H33N3O3. The van der Waals surface area contributed by atoms with Crippen molar-refractivity contribution in [3.8, 4) is 0 Å². The van der Waals surface area contributed by atoms with Crippen LogP contribution in [0.2, 0.25) is 0 Å². The van der Waals surface area contributed by atoms with Crippen LogP contribution in [-0.2, 0) is 4.79 Å². The highest BCUT2D eigenvalue weighted by molar-refractivity contribution is 5.98. The summed E-state index contributed by atoms with van der Waals surface area (Å²) in [4.78, 5) is 16.7.